The summed E-state index contributed by atoms with van der Waals surface area (Å²) in [5, 5.41) is 30.9. The second-order valence-electron chi connectivity index (χ2n) is 6.50. The first-order valence-corrected chi connectivity index (χ1v) is 10.6. The highest BCUT2D eigenvalue weighted by Gasteiger charge is 2.17. The Kier molecular flexibility index (Phi) is 7.11. The van der Waals surface area contributed by atoms with Gasteiger partial charge < -0.3 is 24.8 Å². The van der Waals surface area contributed by atoms with Crippen LogP contribution in [0.4, 0.5) is 0 Å². The van der Waals surface area contributed by atoms with Crippen molar-refractivity contribution in [1.29, 1.82) is 0 Å². The van der Waals surface area contributed by atoms with Crippen LogP contribution in [0.25, 0.3) is 27.9 Å². The molecular formula is C23H21NO7S. The number of phenols is 1. The predicted octanol–water partition coefficient (Wildman–Crippen LogP) is 4.78. The number of carboxylic acids is 2. The number of aromatic hydroxyl groups is 1. The summed E-state index contributed by atoms with van der Waals surface area (Å²) in [6.07, 6.45) is 1.97. The van der Waals surface area contributed by atoms with E-state index in [2.05, 4.69) is 4.98 Å². The molecule has 0 saturated carbocycles. The van der Waals surface area contributed by atoms with Crippen LogP contribution >= 0.6 is 11.3 Å². The fraction of sp³-hybridized carbons (Fsp3) is 0.174. The second-order valence-corrected chi connectivity index (χ2v) is 7.36. The van der Waals surface area contributed by atoms with E-state index in [4.69, 9.17) is 14.6 Å². The van der Waals surface area contributed by atoms with Gasteiger partial charge in [-0.15, -0.1) is 11.3 Å². The zero-order valence-corrected chi connectivity index (χ0v) is 18.2. The number of rotatable bonds is 9. The van der Waals surface area contributed by atoms with Gasteiger partial charge in [-0.05, 0) is 50.3 Å². The molecule has 3 aromatic rings. The summed E-state index contributed by atoms with van der Waals surface area (Å²) in [7, 11) is 0. The average molecular weight is 455 g/mol. The van der Waals surface area contributed by atoms with Crippen molar-refractivity contribution < 1.29 is 34.4 Å². The van der Waals surface area contributed by atoms with Crippen LogP contribution in [0.5, 0.6) is 17.2 Å². The molecule has 0 amide bonds. The Balaban J connectivity index is 2.03. The average Bonchev–Trinajstić information content (AvgIpc) is 3.24. The quantitative estimate of drug-likeness (QED) is 0.394. The number of aromatic carboxylic acids is 1. The van der Waals surface area contributed by atoms with Crippen LogP contribution in [-0.4, -0.2) is 45.5 Å². The highest BCUT2D eigenvalue weighted by molar-refractivity contribution is 7.13. The van der Waals surface area contributed by atoms with E-state index in [0.29, 0.717) is 41.0 Å². The molecule has 0 saturated heterocycles. The van der Waals surface area contributed by atoms with Crippen LogP contribution < -0.4 is 9.47 Å². The standard InChI is InChI=1S/C23H21NO7S/c1-3-30-18-7-5-14(11-19(18)31-4-2)22-24-17(12-32-22)15-9-13(6-8-20(25)26)21(27)16(10-15)23(28)29/h5-12,27H,3-4H2,1-2H3,(H,25,26)(H,28,29). The largest absolute Gasteiger partial charge is 0.506 e. The minimum Gasteiger partial charge on any atom is -0.506 e. The van der Waals surface area contributed by atoms with E-state index in [9.17, 15) is 19.8 Å². The van der Waals surface area contributed by atoms with Crippen molar-refractivity contribution in [2.75, 3.05) is 13.2 Å². The molecule has 1 aromatic heterocycles. The van der Waals surface area contributed by atoms with Gasteiger partial charge >= 0.3 is 11.9 Å². The van der Waals surface area contributed by atoms with Crippen molar-refractivity contribution in [3.8, 4) is 39.1 Å². The first-order valence-electron chi connectivity index (χ1n) is 9.71. The van der Waals surface area contributed by atoms with Crippen molar-refractivity contribution in [2.45, 2.75) is 13.8 Å². The van der Waals surface area contributed by atoms with Gasteiger partial charge in [-0.2, -0.15) is 0 Å². The monoisotopic (exact) mass is 455 g/mol. The van der Waals surface area contributed by atoms with Crippen molar-refractivity contribution in [1.82, 2.24) is 4.98 Å². The molecule has 3 N–H and O–H groups in total. The molecule has 166 valence electrons. The van der Waals surface area contributed by atoms with Gasteiger partial charge in [0, 0.05) is 28.1 Å². The molecule has 9 heteroatoms. The van der Waals surface area contributed by atoms with Gasteiger partial charge in [0.1, 0.15) is 16.3 Å². The third-order valence-electron chi connectivity index (χ3n) is 4.37. The summed E-state index contributed by atoms with van der Waals surface area (Å²) < 4.78 is 11.2. The van der Waals surface area contributed by atoms with E-state index in [-0.39, 0.29) is 11.1 Å². The smallest absolute Gasteiger partial charge is 0.339 e. The molecule has 0 bridgehead atoms. The first kappa shape index (κ1) is 22.8. The molecule has 3 rings (SSSR count). The van der Waals surface area contributed by atoms with E-state index in [0.717, 1.165) is 17.7 Å². The summed E-state index contributed by atoms with van der Waals surface area (Å²) in [6, 6.07) is 8.29. The van der Waals surface area contributed by atoms with Crippen LogP contribution in [-0.2, 0) is 4.79 Å². The number of ether oxygens (including phenoxy) is 2. The summed E-state index contributed by atoms with van der Waals surface area (Å²) in [6.45, 7) is 4.75. The van der Waals surface area contributed by atoms with Crippen LogP contribution in [0.3, 0.4) is 0 Å². The van der Waals surface area contributed by atoms with E-state index in [1.54, 1.807) is 5.38 Å². The number of hydrogen-bond donors (Lipinski definition) is 3. The number of nitrogens with zero attached hydrogens (tertiary/aromatic N) is 1. The first-order chi connectivity index (χ1) is 15.3. The lowest BCUT2D eigenvalue weighted by molar-refractivity contribution is -0.131. The van der Waals surface area contributed by atoms with Crippen LogP contribution in [0.15, 0.2) is 41.8 Å². The highest BCUT2D eigenvalue weighted by Crippen LogP contribution is 2.37. The molecule has 0 aliphatic carbocycles. The summed E-state index contributed by atoms with van der Waals surface area (Å²) >= 11 is 1.36. The number of aliphatic carboxylic acids is 1. The number of benzene rings is 2. The maximum Gasteiger partial charge on any atom is 0.339 e. The topological polar surface area (TPSA) is 126 Å². The Labute approximate surface area is 188 Å². The normalized spacial score (nSPS) is 10.9. The summed E-state index contributed by atoms with van der Waals surface area (Å²) in [5.74, 6) is -1.83. The minimum atomic E-state index is -1.34. The molecule has 8 nitrogen and oxygen atoms in total. The fourth-order valence-electron chi connectivity index (χ4n) is 2.98. The number of hydrogen-bond acceptors (Lipinski definition) is 7. The van der Waals surface area contributed by atoms with E-state index in [1.807, 2.05) is 32.0 Å². The highest BCUT2D eigenvalue weighted by atomic mass is 32.1. The van der Waals surface area contributed by atoms with Gasteiger partial charge in [0.15, 0.2) is 11.5 Å². The Hall–Kier alpha value is -3.85. The molecule has 0 aliphatic heterocycles. The van der Waals surface area contributed by atoms with E-state index in [1.165, 1.54) is 23.5 Å². The van der Waals surface area contributed by atoms with Crippen LogP contribution in [0.2, 0.25) is 0 Å². The van der Waals surface area contributed by atoms with Gasteiger partial charge in [0.25, 0.3) is 0 Å². The second kappa shape index (κ2) is 9.97. The van der Waals surface area contributed by atoms with Gasteiger partial charge in [-0.25, -0.2) is 14.6 Å². The Morgan fingerprint density at radius 1 is 1.03 bits per heavy atom. The van der Waals surface area contributed by atoms with E-state index >= 15 is 0 Å². The number of carbonyl (C=O) groups is 2. The molecule has 32 heavy (non-hydrogen) atoms. The van der Waals surface area contributed by atoms with Gasteiger partial charge in [0.05, 0.1) is 18.9 Å². The number of carboxylic acid groups (broad SMARTS) is 2. The van der Waals surface area contributed by atoms with E-state index < -0.39 is 17.7 Å². The van der Waals surface area contributed by atoms with Crippen molar-refractivity contribution in [3.05, 3.63) is 52.9 Å². The molecule has 0 spiro atoms. The summed E-state index contributed by atoms with van der Waals surface area (Å²) in [4.78, 5) is 27.0. The third kappa shape index (κ3) is 5.06. The van der Waals surface area contributed by atoms with Crippen molar-refractivity contribution in [3.63, 3.8) is 0 Å². The maximum absolute atomic E-state index is 11.6. The molecule has 0 unspecified atom stereocenters. The lowest BCUT2D eigenvalue weighted by Crippen LogP contribution is -1.99. The molecule has 0 fully saturated rings. The predicted molar refractivity (Wildman–Crippen MR) is 121 cm³/mol. The molecule has 0 atom stereocenters. The molecule has 0 aliphatic rings. The Morgan fingerprint density at radius 2 is 1.75 bits per heavy atom. The lowest BCUT2D eigenvalue weighted by atomic mass is 10.0. The fourth-order valence-corrected chi connectivity index (χ4v) is 3.81. The molecule has 0 radical (unpaired) electrons. The van der Waals surface area contributed by atoms with Crippen LogP contribution in [0, 0.1) is 0 Å². The zero-order valence-electron chi connectivity index (χ0n) is 17.4. The molecule has 1 heterocycles. The minimum absolute atomic E-state index is 0.0662. The van der Waals surface area contributed by atoms with Gasteiger partial charge in [-0.3, -0.25) is 0 Å². The van der Waals surface area contributed by atoms with Crippen molar-refractivity contribution >= 4 is 29.4 Å². The SMILES string of the molecule is CCOc1ccc(-c2nc(-c3cc(C=CC(=O)O)c(O)c(C(=O)O)c3)cs2)cc1OCC. The Morgan fingerprint density at radius 3 is 2.41 bits per heavy atom. The Bertz CT molecular complexity index is 1180. The molecule has 2 aromatic carbocycles. The lowest BCUT2D eigenvalue weighted by Gasteiger charge is -2.11. The van der Waals surface area contributed by atoms with Crippen molar-refractivity contribution in [2.24, 2.45) is 0 Å². The van der Waals surface area contributed by atoms with Gasteiger partial charge in [-0.1, -0.05) is 0 Å². The van der Waals surface area contributed by atoms with Gasteiger partial charge in [0.2, 0.25) is 0 Å². The zero-order chi connectivity index (χ0) is 23.3. The number of thiazole rings is 1. The number of aromatic nitrogens is 1. The maximum atomic E-state index is 11.6. The van der Waals surface area contributed by atoms with Crippen LogP contribution in [0.1, 0.15) is 29.8 Å². The summed E-state index contributed by atoms with van der Waals surface area (Å²) in [5.41, 5.74) is 1.45. The molecular weight excluding hydrogens is 434 g/mol. The third-order valence-corrected chi connectivity index (χ3v) is 5.26.